The maximum absolute atomic E-state index is 11.9. The number of nitrogens with two attached hydrogens (primary N) is 1. The summed E-state index contributed by atoms with van der Waals surface area (Å²) in [5.41, 5.74) is 7.42. The minimum atomic E-state index is -0.321. The van der Waals surface area contributed by atoms with Crippen LogP contribution in [-0.2, 0) is 0 Å². The van der Waals surface area contributed by atoms with E-state index in [-0.39, 0.29) is 17.4 Å². The van der Waals surface area contributed by atoms with Crippen molar-refractivity contribution >= 4 is 33.3 Å². The lowest BCUT2D eigenvalue weighted by Gasteiger charge is -2.06. The number of benzene rings is 1. The smallest absolute Gasteiger partial charge is 0.276 e. The van der Waals surface area contributed by atoms with Gasteiger partial charge in [0.25, 0.3) is 5.91 Å². The molecular formula is C12H11BrN4O. The first-order chi connectivity index (χ1) is 8.56. The molecule has 0 saturated carbocycles. The molecule has 0 aliphatic heterocycles. The molecule has 2 rings (SSSR count). The van der Waals surface area contributed by atoms with Gasteiger partial charge in [-0.15, -0.1) is 10.2 Å². The Kier molecular flexibility index (Phi) is 3.57. The van der Waals surface area contributed by atoms with E-state index in [1.807, 2.05) is 25.1 Å². The number of hydrogen-bond donors (Lipinski definition) is 2. The Hall–Kier alpha value is -1.95. The van der Waals surface area contributed by atoms with Gasteiger partial charge in [-0.2, -0.15) is 0 Å². The van der Waals surface area contributed by atoms with Crippen LogP contribution >= 0.6 is 15.9 Å². The quantitative estimate of drug-likeness (QED) is 0.892. The highest BCUT2D eigenvalue weighted by molar-refractivity contribution is 9.10. The van der Waals surface area contributed by atoms with Crippen LogP contribution in [0.25, 0.3) is 0 Å². The van der Waals surface area contributed by atoms with Crippen LogP contribution in [0.2, 0.25) is 0 Å². The van der Waals surface area contributed by atoms with Crippen molar-refractivity contribution in [1.82, 2.24) is 10.2 Å². The first-order valence-corrected chi connectivity index (χ1v) is 6.02. The van der Waals surface area contributed by atoms with E-state index in [2.05, 4.69) is 31.4 Å². The van der Waals surface area contributed by atoms with Crippen LogP contribution in [0, 0.1) is 6.92 Å². The first kappa shape index (κ1) is 12.5. The second-order valence-corrected chi connectivity index (χ2v) is 4.62. The van der Waals surface area contributed by atoms with E-state index in [0.717, 1.165) is 10.0 Å². The van der Waals surface area contributed by atoms with Gasteiger partial charge in [-0.1, -0.05) is 22.0 Å². The standard InChI is InChI=1S/C12H11BrN4O/c1-7-2-3-8(6-9(7)13)15-12(18)10-4-5-11(14)17-16-10/h2-6H,1H3,(H2,14,17)(H,15,18). The predicted octanol–water partition coefficient (Wildman–Crippen LogP) is 2.38. The van der Waals surface area contributed by atoms with E-state index < -0.39 is 0 Å². The molecule has 0 radical (unpaired) electrons. The first-order valence-electron chi connectivity index (χ1n) is 5.23. The Labute approximate surface area is 113 Å². The normalized spacial score (nSPS) is 10.1. The van der Waals surface area contributed by atoms with Gasteiger partial charge in [0.2, 0.25) is 0 Å². The third-order valence-corrected chi connectivity index (χ3v) is 3.20. The molecule has 5 nitrogen and oxygen atoms in total. The van der Waals surface area contributed by atoms with E-state index in [4.69, 9.17) is 5.73 Å². The molecule has 0 spiro atoms. The number of anilines is 2. The summed E-state index contributed by atoms with van der Waals surface area (Å²) < 4.78 is 0.934. The lowest BCUT2D eigenvalue weighted by Crippen LogP contribution is -2.14. The van der Waals surface area contributed by atoms with E-state index in [1.54, 1.807) is 0 Å². The molecule has 1 aromatic carbocycles. The highest BCUT2D eigenvalue weighted by Gasteiger charge is 2.08. The zero-order valence-electron chi connectivity index (χ0n) is 9.64. The molecule has 0 aliphatic carbocycles. The average molecular weight is 307 g/mol. The monoisotopic (exact) mass is 306 g/mol. The predicted molar refractivity (Wildman–Crippen MR) is 73.3 cm³/mol. The minimum Gasteiger partial charge on any atom is -0.382 e. The molecule has 0 saturated heterocycles. The third-order valence-electron chi connectivity index (χ3n) is 2.35. The summed E-state index contributed by atoms with van der Waals surface area (Å²) in [5, 5.41) is 10.1. The Morgan fingerprint density at radius 2 is 2.06 bits per heavy atom. The zero-order valence-corrected chi connectivity index (χ0v) is 11.2. The molecule has 0 unspecified atom stereocenters. The van der Waals surface area contributed by atoms with Crippen LogP contribution in [0.4, 0.5) is 11.5 Å². The van der Waals surface area contributed by atoms with Crippen LogP contribution in [0.3, 0.4) is 0 Å². The van der Waals surface area contributed by atoms with Crippen molar-refractivity contribution in [3.8, 4) is 0 Å². The van der Waals surface area contributed by atoms with E-state index >= 15 is 0 Å². The number of rotatable bonds is 2. The lowest BCUT2D eigenvalue weighted by atomic mass is 10.2. The summed E-state index contributed by atoms with van der Waals surface area (Å²) in [6, 6.07) is 8.63. The maximum atomic E-state index is 11.9. The van der Waals surface area contributed by atoms with E-state index in [9.17, 15) is 4.79 Å². The molecule has 2 aromatic rings. The Morgan fingerprint density at radius 3 is 2.67 bits per heavy atom. The van der Waals surface area contributed by atoms with Gasteiger partial charge in [-0.25, -0.2) is 0 Å². The molecule has 0 fully saturated rings. The molecule has 18 heavy (non-hydrogen) atoms. The number of amides is 1. The summed E-state index contributed by atoms with van der Waals surface area (Å²) in [7, 11) is 0. The fourth-order valence-electron chi connectivity index (χ4n) is 1.33. The molecule has 1 aromatic heterocycles. The molecule has 1 amide bonds. The number of aryl methyl sites for hydroxylation is 1. The van der Waals surface area contributed by atoms with Crippen molar-refractivity contribution in [3.05, 3.63) is 46.1 Å². The number of carbonyl (C=O) groups excluding carboxylic acids is 1. The second-order valence-electron chi connectivity index (χ2n) is 3.76. The Morgan fingerprint density at radius 1 is 1.28 bits per heavy atom. The van der Waals surface area contributed by atoms with Crippen LogP contribution in [-0.4, -0.2) is 16.1 Å². The largest absolute Gasteiger partial charge is 0.382 e. The van der Waals surface area contributed by atoms with Gasteiger partial charge in [0, 0.05) is 10.2 Å². The molecule has 3 N–H and O–H groups in total. The summed E-state index contributed by atoms with van der Waals surface area (Å²) >= 11 is 3.41. The van der Waals surface area contributed by atoms with Crippen molar-refractivity contribution in [2.24, 2.45) is 0 Å². The fraction of sp³-hybridized carbons (Fsp3) is 0.0833. The minimum absolute atomic E-state index is 0.223. The Bertz CT molecular complexity index is 583. The van der Waals surface area contributed by atoms with Crippen LogP contribution < -0.4 is 11.1 Å². The molecule has 92 valence electrons. The van der Waals surface area contributed by atoms with Crippen LogP contribution in [0.5, 0.6) is 0 Å². The van der Waals surface area contributed by atoms with Crippen molar-refractivity contribution in [2.45, 2.75) is 6.92 Å². The van der Waals surface area contributed by atoms with Gasteiger partial charge < -0.3 is 11.1 Å². The number of aromatic nitrogens is 2. The van der Waals surface area contributed by atoms with Gasteiger partial charge in [0.15, 0.2) is 5.69 Å². The van der Waals surface area contributed by atoms with Gasteiger partial charge in [-0.05, 0) is 36.8 Å². The molecule has 1 heterocycles. The molecule has 0 aliphatic rings. The molecular weight excluding hydrogens is 296 g/mol. The summed E-state index contributed by atoms with van der Waals surface area (Å²) in [6.07, 6.45) is 0. The fourth-order valence-corrected chi connectivity index (χ4v) is 1.71. The number of nitrogens with zero attached hydrogens (tertiary/aromatic N) is 2. The number of nitrogen functional groups attached to an aromatic ring is 1. The third kappa shape index (κ3) is 2.84. The molecule has 0 atom stereocenters. The van der Waals surface area contributed by atoms with Crippen molar-refractivity contribution in [3.63, 3.8) is 0 Å². The number of carbonyl (C=O) groups is 1. The number of hydrogen-bond acceptors (Lipinski definition) is 4. The van der Waals surface area contributed by atoms with Crippen LogP contribution in [0.15, 0.2) is 34.8 Å². The van der Waals surface area contributed by atoms with Crippen molar-refractivity contribution in [1.29, 1.82) is 0 Å². The SMILES string of the molecule is Cc1ccc(NC(=O)c2ccc(N)nn2)cc1Br. The van der Waals surface area contributed by atoms with Gasteiger partial charge in [0.05, 0.1) is 0 Å². The zero-order chi connectivity index (χ0) is 13.1. The van der Waals surface area contributed by atoms with Crippen LogP contribution in [0.1, 0.15) is 16.1 Å². The lowest BCUT2D eigenvalue weighted by molar-refractivity contribution is 0.102. The molecule has 0 bridgehead atoms. The summed E-state index contributed by atoms with van der Waals surface area (Å²) in [5.74, 6) is -0.0390. The summed E-state index contributed by atoms with van der Waals surface area (Å²) in [6.45, 7) is 1.97. The average Bonchev–Trinajstić information content (AvgIpc) is 2.34. The van der Waals surface area contributed by atoms with E-state index in [1.165, 1.54) is 12.1 Å². The highest BCUT2D eigenvalue weighted by atomic mass is 79.9. The number of halogens is 1. The molecule has 6 heteroatoms. The number of nitrogens with one attached hydrogen (secondary N) is 1. The van der Waals surface area contributed by atoms with Gasteiger partial charge in [-0.3, -0.25) is 4.79 Å². The van der Waals surface area contributed by atoms with Gasteiger partial charge >= 0.3 is 0 Å². The highest BCUT2D eigenvalue weighted by Crippen LogP contribution is 2.20. The van der Waals surface area contributed by atoms with E-state index in [0.29, 0.717) is 5.69 Å². The Balaban J connectivity index is 2.16. The van der Waals surface area contributed by atoms with Crippen molar-refractivity contribution in [2.75, 3.05) is 11.1 Å². The van der Waals surface area contributed by atoms with Gasteiger partial charge in [0.1, 0.15) is 5.82 Å². The van der Waals surface area contributed by atoms with Crippen molar-refractivity contribution < 1.29 is 4.79 Å². The second kappa shape index (κ2) is 5.14. The topological polar surface area (TPSA) is 80.9 Å². The summed E-state index contributed by atoms with van der Waals surface area (Å²) in [4.78, 5) is 11.9. The maximum Gasteiger partial charge on any atom is 0.276 e.